The van der Waals surface area contributed by atoms with Crippen molar-refractivity contribution in [2.24, 2.45) is 0 Å². The van der Waals surface area contributed by atoms with Gasteiger partial charge in [-0.05, 0) is 24.3 Å². The van der Waals surface area contributed by atoms with E-state index < -0.39 is 0 Å². The number of hydrogen-bond acceptors (Lipinski definition) is 3. The van der Waals surface area contributed by atoms with E-state index in [1.807, 2.05) is 24.3 Å². The summed E-state index contributed by atoms with van der Waals surface area (Å²) in [6, 6.07) is 12.2. The number of nitrogens with one attached hydrogen (secondary N) is 1. The molecule has 5 heteroatoms. The first-order valence-electron chi connectivity index (χ1n) is 6.04. The largest absolute Gasteiger partial charge is 0.399 e. The molecule has 20 heavy (non-hydrogen) atoms. The van der Waals surface area contributed by atoms with Crippen LogP contribution in [0.2, 0.25) is 5.02 Å². The minimum atomic E-state index is -0.261. The molecular formula is C15H15ClN2O2. The smallest absolute Gasteiger partial charge is 0.255 e. The first-order valence-corrected chi connectivity index (χ1v) is 6.42. The normalized spacial score (nSPS) is 10.3. The van der Waals surface area contributed by atoms with Gasteiger partial charge in [0.1, 0.15) is 0 Å². The third-order valence-corrected chi connectivity index (χ3v) is 2.97. The Morgan fingerprint density at radius 1 is 1.30 bits per heavy atom. The number of halogens is 1. The number of carbonyl (C=O) groups excluding carboxylic acids is 1. The Kier molecular flexibility index (Phi) is 4.61. The number of rotatable bonds is 4. The zero-order chi connectivity index (χ0) is 14.5. The summed E-state index contributed by atoms with van der Waals surface area (Å²) < 4.78 is 5.10. The second kappa shape index (κ2) is 6.41. The van der Waals surface area contributed by atoms with E-state index in [0.29, 0.717) is 28.6 Å². The summed E-state index contributed by atoms with van der Waals surface area (Å²) in [7, 11) is 1.61. The number of hydrogen-bond donors (Lipinski definition) is 2. The van der Waals surface area contributed by atoms with Gasteiger partial charge in [0.25, 0.3) is 5.91 Å². The lowest BCUT2D eigenvalue weighted by atomic mass is 10.1. The van der Waals surface area contributed by atoms with Crippen molar-refractivity contribution in [3.05, 3.63) is 58.6 Å². The number of anilines is 2. The molecule has 2 aromatic rings. The van der Waals surface area contributed by atoms with Crippen LogP contribution in [0.15, 0.2) is 42.5 Å². The second-order valence-electron chi connectivity index (χ2n) is 4.32. The summed E-state index contributed by atoms with van der Waals surface area (Å²) in [5.74, 6) is -0.261. The Hall–Kier alpha value is -2.04. The molecule has 0 aliphatic rings. The summed E-state index contributed by atoms with van der Waals surface area (Å²) in [4.78, 5) is 12.2. The highest BCUT2D eigenvalue weighted by Gasteiger charge is 2.10. The van der Waals surface area contributed by atoms with Crippen LogP contribution in [0, 0.1) is 0 Å². The molecule has 2 rings (SSSR count). The van der Waals surface area contributed by atoms with Gasteiger partial charge in [-0.3, -0.25) is 4.79 Å². The third kappa shape index (κ3) is 3.50. The Morgan fingerprint density at radius 3 is 2.75 bits per heavy atom. The number of ether oxygens (including phenoxy) is 1. The highest BCUT2D eigenvalue weighted by atomic mass is 35.5. The maximum atomic E-state index is 12.2. The van der Waals surface area contributed by atoms with Crippen molar-refractivity contribution in [2.45, 2.75) is 6.61 Å². The molecule has 0 spiro atoms. The molecule has 0 aliphatic heterocycles. The average molecular weight is 291 g/mol. The number of methoxy groups -OCH3 is 1. The zero-order valence-electron chi connectivity index (χ0n) is 11.0. The van der Waals surface area contributed by atoms with Gasteiger partial charge in [-0.25, -0.2) is 0 Å². The molecule has 0 saturated carbocycles. The van der Waals surface area contributed by atoms with Crippen molar-refractivity contribution in [3.63, 3.8) is 0 Å². The maximum absolute atomic E-state index is 12.2. The van der Waals surface area contributed by atoms with Crippen LogP contribution in [0.3, 0.4) is 0 Å². The first kappa shape index (κ1) is 14.4. The number of benzene rings is 2. The number of amides is 1. The van der Waals surface area contributed by atoms with Crippen LogP contribution in [-0.2, 0) is 11.3 Å². The Labute approximate surface area is 122 Å². The fourth-order valence-electron chi connectivity index (χ4n) is 1.86. The fourth-order valence-corrected chi connectivity index (χ4v) is 2.11. The molecule has 0 atom stereocenters. The molecule has 1 amide bonds. The van der Waals surface area contributed by atoms with Gasteiger partial charge in [-0.15, -0.1) is 0 Å². The first-order chi connectivity index (χ1) is 9.60. The van der Waals surface area contributed by atoms with E-state index in [1.165, 1.54) is 0 Å². The molecule has 0 aliphatic carbocycles. The summed E-state index contributed by atoms with van der Waals surface area (Å²) in [6.45, 7) is 0.425. The molecule has 0 bridgehead atoms. The van der Waals surface area contributed by atoms with Crippen molar-refractivity contribution in [3.8, 4) is 0 Å². The molecule has 0 aromatic heterocycles. The minimum absolute atomic E-state index is 0.261. The van der Waals surface area contributed by atoms with Crippen molar-refractivity contribution in [1.82, 2.24) is 0 Å². The van der Waals surface area contributed by atoms with E-state index in [1.54, 1.807) is 25.3 Å². The summed E-state index contributed by atoms with van der Waals surface area (Å²) in [5.41, 5.74) is 8.16. The lowest BCUT2D eigenvalue weighted by molar-refractivity contribution is 0.102. The van der Waals surface area contributed by atoms with Gasteiger partial charge < -0.3 is 15.8 Å². The quantitative estimate of drug-likeness (QED) is 0.849. The topological polar surface area (TPSA) is 64.3 Å². The van der Waals surface area contributed by atoms with Crippen molar-refractivity contribution >= 4 is 28.9 Å². The van der Waals surface area contributed by atoms with Gasteiger partial charge in [0.05, 0.1) is 6.61 Å². The van der Waals surface area contributed by atoms with Crippen molar-refractivity contribution in [2.75, 3.05) is 18.2 Å². The Morgan fingerprint density at radius 2 is 2.05 bits per heavy atom. The zero-order valence-corrected chi connectivity index (χ0v) is 11.8. The number of carbonyl (C=O) groups is 1. The molecule has 104 valence electrons. The van der Waals surface area contributed by atoms with Crippen LogP contribution in [-0.4, -0.2) is 13.0 Å². The SMILES string of the molecule is COCc1ccccc1NC(=O)c1cc(N)cc(Cl)c1. The maximum Gasteiger partial charge on any atom is 0.255 e. The molecule has 3 N–H and O–H groups in total. The van der Waals surface area contributed by atoms with Gasteiger partial charge in [0.15, 0.2) is 0 Å². The summed E-state index contributed by atoms with van der Waals surface area (Å²) >= 11 is 5.90. The number of nitrogen functional groups attached to an aromatic ring is 1. The Balaban J connectivity index is 2.23. The summed E-state index contributed by atoms with van der Waals surface area (Å²) in [5, 5.41) is 3.26. The van der Waals surface area contributed by atoms with Crippen LogP contribution >= 0.6 is 11.6 Å². The molecule has 0 saturated heterocycles. The summed E-state index contributed by atoms with van der Waals surface area (Å²) in [6.07, 6.45) is 0. The molecule has 4 nitrogen and oxygen atoms in total. The number of para-hydroxylation sites is 1. The van der Waals surface area contributed by atoms with E-state index >= 15 is 0 Å². The van der Waals surface area contributed by atoms with Gasteiger partial charge in [0, 0.05) is 34.6 Å². The van der Waals surface area contributed by atoms with Crippen LogP contribution in [0.25, 0.3) is 0 Å². The van der Waals surface area contributed by atoms with E-state index in [0.717, 1.165) is 5.56 Å². The predicted octanol–water partition coefficient (Wildman–Crippen LogP) is 3.32. The van der Waals surface area contributed by atoms with Crippen molar-refractivity contribution in [1.29, 1.82) is 0 Å². The molecule has 0 fully saturated rings. The van der Waals surface area contributed by atoms with Crippen molar-refractivity contribution < 1.29 is 9.53 Å². The minimum Gasteiger partial charge on any atom is -0.399 e. The lowest BCUT2D eigenvalue weighted by Gasteiger charge is -2.11. The third-order valence-electron chi connectivity index (χ3n) is 2.75. The van der Waals surface area contributed by atoms with E-state index in [-0.39, 0.29) is 5.91 Å². The van der Waals surface area contributed by atoms with Crippen LogP contribution in [0.5, 0.6) is 0 Å². The number of nitrogens with two attached hydrogens (primary N) is 1. The highest BCUT2D eigenvalue weighted by molar-refractivity contribution is 6.31. The molecule has 2 aromatic carbocycles. The predicted molar refractivity (Wildman–Crippen MR) is 81.0 cm³/mol. The lowest BCUT2D eigenvalue weighted by Crippen LogP contribution is -2.13. The standard InChI is InChI=1S/C15H15ClN2O2/c1-20-9-10-4-2-3-5-14(10)18-15(19)11-6-12(16)8-13(17)7-11/h2-8H,9,17H2,1H3,(H,18,19). The highest BCUT2D eigenvalue weighted by Crippen LogP contribution is 2.20. The molecule has 0 heterocycles. The van der Waals surface area contributed by atoms with Gasteiger partial charge >= 0.3 is 0 Å². The van der Waals surface area contributed by atoms with E-state index in [9.17, 15) is 4.79 Å². The van der Waals surface area contributed by atoms with Crippen LogP contribution in [0.4, 0.5) is 11.4 Å². The Bertz CT molecular complexity index is 609. The van der Waals surface area contributed by atoms with Crippen LogP contribution < -0.4 is 11.1 Å². The molecular weight excluding hydrogens is 276 g/mol. The van der Waals surface area contributed by atoms with Gasteiger partial charge in [0.2, 0.25) is 0 Å². The average Bonchev–Trinajstić information content (AvgIpc) is 2.40. The van der Waals surface area contributed by atoms with E-state index in [2.05, 4.69) is 5.32 Å². The van der Waals surface area contributed by atoms with Crippen LogP contribution in [0.1, 0.15) is 15.9 Å². The molecule has 0 radical (unpaired) electrons. The molecule has 0 unspecified atom stereocenters. The van der Waals surface area contributed by atoms with Gasteiger partial charge in [-0.1, -0.05) is 29.8 Å². The second-order valence-corrected chi connectivity index (χ2v) is 4.75. The van der Waals surface area contributed by atoms with E-state index in [4.69, 9.17) is 22.1 Å². The fraction of sp³-hybridized carbons (Fsp3) is 0.133. The van der Waals surface area contributed by atoms with Gasteiger partial charge in [-0.2, -0.15) is 0 Å². The monoisotopic (exact) mass is 290 g/mol.